The minimum Gasteiger partial charge on any atom is -0.368 e. The van der Waals surface area contributed by atoms with Gasteiger partial charge in [-0.2, -0.15) is 0 Å². The molecule has 1 aromatic rings. The minimum atomic E-state index is -0.140. The van der Waals surface area contributed by atoms with E-state index in [1.807, 2.05) is 0 Å². The molecule has 118 valence electrons. The molecule has 1 aromatic heterocycles. The van der Waals surface area contributed by atoms with Crippen molar-refractivity contribution in [1.29, 1.82) is 0 Å². The fraction of sp³-hybridized carbons (Fsp3) is 0.875. The fourth-order valence-corrected chi connectivity index (χ4v) is 3.65. The summed E-state index contributed by atoms with van der Waals surface area (Å²) in [5.41, 5.74) is -0.197. The molecule has 1 saturated carbocycles. The van der Waals surface area contributed by atoms with Crippen LogP contribution in [0.4, 0.5) is 0 Å². The van der Waals surface area contributed by atoms with Crippen molar-refractivity contribution in [2.45, 2.75) is 83.1 Å². The monoisotopic (exact) mass is 292 g/mol. The lowest BCUT2D eigenvalue weighted by Gasteiger charge is -2.28. The fourth-order valence-electron chi connectivity index (χ4n) is 3.65. The Bertz CT molecular complexity index is 516. The molecule has 5 nitrogen and oxygen atoms in total. The third-order valence-electron chi connectivity index (χ3n) is 5.05. The van der Waals surface area contributed by atoms with Crippen LogP contribution >= 0.6 is 0 Å². The smallest absolute Gasteiger partial charge is 0.146 e. The molecule has 0 spiro atoms. The Labute approximate surface area is 127 Å². The van der Waals surface area contributed by atoms with E-state index in [1.54, 1.807) is 0 Å². The van der Waals surface area contributed by atoms with Crippen LogP contribution in [0.2, 0.25) is 0 Å². The Balaban J connectivity index is 1.64. The topological polar surface area (TPSA) is 52.0 Å². The lowest BCUT2D eigenvalue weighted by atomic mass is 9.85. The number of aromatic nitrogens is 3. The molecule has 5 heteroatoms. The van der Waals surface area contributed by atoms with Crippen LogP contribution < -0.4 is 5.32 Å². The summed E-state index contributed by atoms with van der Waals surface area (Å²) in [6.45, 7) is 9.40. The van der Waals surface area contributed by atoms with Gasteiger partial charge in [-0.05, 0) is 47.0 Å². The normalized spacial score (nSPS) is 27.8. The second-order valence-electron chi connectivity index (χ2n) is 7.76. The molecule has 0 bridgehead atoms. The summed E-state index contributed by atoms with van der Waals surface area (Å²) < 4.78 is 8.30. The van der Waals surface area contributed by atoms with Crippen LogP contribution in [0.3, 0.4) is 0 Å². The largest absolute Gasteiger partial charge is 0.368 e. The molecule has 2 aliphatic rings. The summed E-state index contributed by atoms with van der Waals surface area (Å²) in [5, 5.41) is 12.4. The molecule has 2 fully saturated rings. The van der Waals surface area contributed by atoms with E-state index < -0.39 is 0 Å². The molecule has 1 N–H and O–H groups in total. The maximum Gasteiger partial charge on any atom is 0.146 e. The van der Waals surface area contributed by atoms with Crippen LogP contribution in [-0.4, -0.2) is 32.0 Å². The summed E-state index contributed by atoms with van der Waals surface area (Å²) in [6, 6.07) is 0.344. The van der Waals surface area contributed by atoms with Crippen LogP contribution in [0.1, 0.15) is 70.9 Å². The van der Waals surface area contributed by atoms with E-state index in [2.05, 4.69) is 54.8 Å². The lowest BCUT2D eigenvalue weighted by Crippen LogP contribution is -2.43. The summed E-state index contributed by atoms with van der Waals surface area (Å²) in [5.74, 6) is 2.80. The standard InChI is InChI=1S/C16H28N4O/c1-15(2)9-12(16(3,4)21-15)17-10-13-18-19-14(20(13)5)11-7-6-8-11/h11-12,17H,6-10H2,1-5H3/t12-/m0/s1. The average molecular weight is 292 g/mol. The van der Waals surface area contributed by atoms with Gasteiger partial charge < -0.3 is 14.6 Å². The molecular formula is C16H28N4O. The van der Waals surface area contributed by atoms with Crippen molar-refractivity contribution in [3.8, 4) is 0 Å². The van der Waals surface area contributed by atoms with Gasteiger partial charge in [-0.25, -0.2) is 0 Å². The highest BCUT2D eigenvalue weighted by Gasteiger charge is 2.45. The molecule has 21 heavy (non-hydrogen) atoms. The zero-order chi connectivity index (χ0) is 15.3. The predicted molar refractivity (Wildman–Crippen MR) is 82.1 cm³/mol. The van der Waals surface area contributed by atoms with Crippen molar-refractivity contribution in [1.82, 2.24) is 20.1 Å². The maximum absolute atomic E-state index is 6.13. The Morgan fingerprint density at radius 3 is 2.48 bits per heavy atom. The Morgan fingerprint density at radius 1 is 1.24 bits per heavy atom. The van der Waals surface area contributed by atoms with Gasteiger partial charge in [0.05, 0.1) is 17.7 Å². The number of nitrogens with zero attached hydrogens (tertiary/aromatic N) is 3. The van der Waals surface area contributed by atoms with Gasteiger partial charge in [-0.1, -0.05) is 6.42 Å². The third kappa shape index (κ3) is 2.86. The van der Waals surface area contributed by atoms with Crippen LogP contribution in [-0.2, 0) is 18.3 Å². The van der Waals surface area contributed by atoms with E-state index in [0.717, 1.165) is 24.6 Å². The van der Waals surface area contributed by atoms with Gasteiger partial charge >= 0.3 is 0 Å². The molecule has 0 aromatic carbocycles. The Hall–Kier alpha value is -0.940. The van der Waals surface area contributed by atoms with Gasteiger partial charge in [0, 0.05) is 19.0 Å². The SMILES string of the molecule is Cn1c(CN[C@H]2CC(C)(C)OC2(C)C)nnc1C1CCC1. The Kier molecular flexibility index (Phi) is 3.61. The van der Waals surface area contributed by atoms with Crippen molar-refractivity contribution < 1.29 is 4.74 Å². The lowest BCUT2D eigenvalue weighted by molar-refractivity contribution is -0.0699. The highest BCUT2D eigenvalue weighted by molar-refractivity contribution is 5.06. The van der Waals surface area contributed by atoms with Gasteiger partial charge in [-0.3, -0.25) is 0 Å². The van der Waals surface area contributed by atoms with E-state index in [-0.39, 0.29) is 11.2 Å². The molecule has 3 rings (SSSR count). The number of ether oxygens (including phenoxy) is 1. The summed E-state index contributed by atoms with van der Waals surface area (Å²) in [7, 11) is 2.09. The summed E-state index contributed by atoms with van der Waals surface area (Å²) in [4.78, 5) is 0. The Morgan fingerprint density at radius 2 is 1.95 bits per heavy atom. The molecule has 0 unspecified atom stereocenters. The zero-order valence-electron chi connectivity index (χ0n) is 13.9. The van der Waals surface area contributed by atoms with E-state index in [0.29, 0.717) is 12.0 Å². The first kappa shape index (κ1) is 15.0. The van der Waals surface area contributed by atoms with Crippen molar-refractivity contribution in [3.05, 3.63) is 11.6 Å². The highest BCUT2D eigenvalue weighted by atomic mass is 16.5. The molecule has 1 aliphatic carbocycles. The maximum atomic E-state index is 6.13. The van der Waals surface area contributed by atoms with Gasteiger partial charge in [0.15, 0.2) is 0 Å². The predicted octanol–water partition coefficient (Wildman–Crippen LogP) is 2.52. The quantitative estimate of drug-likeness (QED) is 0.926. The molecule has 1 atom stereocenters. The number of hydrogen-bond acceptors (Lipinski definition) is 4. The number of rotatable bonds is 4. The average Bonchev–Trinajstić information content (AvgIpc) is 2.73. The zero-order valence-corrected chi connectivity index (χ0v) is 13.9. The molecule has 1 saturated heterocycles. The second kappa shape index (κ2) is 5.06. The first-order valence-corrected chi connectivity index (χ1v) is 8.10. The van der Waals surface area contributed by atoms with Crippen molar-refractivity contribution in [2.24, 2.45) is 7.05 Å². The van der Waals surface area contributed by atoms with E-state index in [9.17, 15) is 0 Å². The first-order chi connectivity index (χ1) is 9.78. The van der Waals surface area contributed by atoms with Gasteiger partial charge in [0.1, 0.15) is 11.6 Å². The third-order valence-corrected chi connectivity index (χ3v) is 5.05. The molecule has 0 amide bonds. The van der Waals surface area contributed by atoms with Crippen molar-refractivity contribution in [3.63, 3.8) is 0 Å². The number of nitrogens with one attached hydrogen (secondary N) is 1. The number of hydrogen-bond donors (Lipinski definition) is 1. The van der Waals surface area contributed by atoms with Gasteiger partial charge in [0.25, 0.3) is 0 Å². The van der Waals surface area contributed by atoms with Gasteiger partial charge in [0.2, 0.25) is 0 Å². The first-order valence-electron chi connectivity index (χ1n) is 8.10. The summed E-state index contributed by atoms with van der Waals surface area (Å²) >= 11 is 0. The van der Waals surface area contributed by atoms with E-state index in [1.165, 1.54) is 19.3 Å². The highest BCUT2D eigenvalue weighted by Crippen LogP contribution is 2.37. The molecule has 1 aliphatic heterocycles. The molecule has 2 heterocycles. The van der Waals surface area contributed by atoms with Crippen LogP contribution in [0.5, 0.6) is 0 Å². The summed E-state index contributed by atoms with van der Waals surface area (Å²) in [6.07, 6.45) is 4.87. The van der Waals surface area contributed by atoms with Crippen LogP contribution in [0.25, 0.3) is 0 Å². The second-order valence-corrected chi connectivity index (χ2v) is 7.76. The van der Waals surface area contributed by atoms with E-state index >= 15 is 0 Å². The van der Waals surface area contributed by atoms with Crippen molar-refractivity contribution in [2.75, 3.05) is 0 Å². The van der Waals surface area contributed by atoms with Crippen LogP contribution in [0.15, 0.2) is 0 Å². The van der Waals surface area contributed by atoms with Crippen LogP contribution in [0, 0.1) is 0 Å². The minimum absolute atomic E-state index is 0.0574. The van der Waals surface area contributed by atoms with E-state index in [4.69, 9.17) is 4.74 Å². The molecular weight excluding hydrogens is 264 g/mol. The molecule has 0 radical (unpaired) electrons. The van der Waals surface area contributed by atoms with Gasteiger partial charge in [-0.15, -0.1) is 10.2 Å². The van der Waals surface area contributed by atoms with Crippen molar-refractivity contribution >= 4 is 0 Å².